The summed E-state index contributed by atoms with van der Waals surface area (Å²) in [5.41, 5.74) is 9.70. The first kappa shape index (κ1) is 18.2. The molecule has 0 aromatic heterocycles. The molecule has 0 saturated heterocycles. The highest BCUT2D eigenvalue weighted by atomic mass is 32.2. The molecule has 128 valence electrons. The Balaban J connectivity index is 1.98. The van der Waals surface area contributed by atoms with Crippen LogP contribution in [0.3, 0.4) is 0 Å². The average molecular weight is 344 g/mol. The molecule has 0 radical (unpaired) electrons. The number of thioether (sulfide) groups is 1. The molecule has 0 spiro atoms. The van der Waals surface area contributed by atoms with E-state index in [1.165, 1.54) is 5.56 Å². The maximum atomic E-state index is 12.2. The lowest BCUT2D eigenvalue weighted by Crippen LogP contribution is -2.33. The molecular formula is C19H24N2O2S. The number of nitrogen functional groups attached to an aromatic ring is 1. The van der Waals surface area contributed by atoms with Crippen molar-refractivity contribution in [1.29, 1.82) is 0 Å². The first-order valence-corrected chi connectivity index (χ1v) is 9.16. The van der Waals surface area contributed by atoms with E-state index in [9.17, 15) is 4.79 Å². The van der Waals surface area contributed by atoms with Gasteiger partial charge in [-0.25, -0.2) is 4.79 Å². The third kappa shape index (κ3) is 5.49. The van der Waals surface area contributed by atoms with E-state index in [-0.39, 0.29) is 12.0 Å². The fourth-order valence-electron chi connectivity index (χ4n) is 2.25. The summed E-state index contributed by atoms with van der Waals surface area (Å²) < 4.78 is 5.19. The van der Waals surface area contributed by atoms with E-state index in [4.69, 9.17) is 10.5 Å². The molecule has 2 aromatic rings. The number of esters is 1. The van der Waals surface area contributed by atoms with Crippen LogP contribution in [0, 0.1) is 6.92 Å². The Kier molecular flexibility index (Phi) is 7.00. The van der Waals surface area contributed by atoms with Crippen LogP contribution in [0.4, 0.5) is 11.4 Å². The second-order valence-electron chi connectivity index (χ2n) is 5.52. The van der Waals surface area contributed by atoms with Gasteiger partial charge in [0.25, 0.3) is 0 Å². The van der Waals surface area contributed by atoms with Gasteiger partial charge in [-0.15, -0.1) is 0 Å². The van der Waals surface area contributed by atoms with E-state index in [0.717, 1.165) is 22.7 Å². The van der Waals surface area contributed by atoms with Crippen molar-refractivity contribution < 1.29 is 9.53 Å². The number of hydrogen-bond acceptors (Lipinski definition) is 5. The molecule has 5 heteroatoms. The molecule has 24 heavy (non-hydrogen) atoms. The van der Waals surface area contributed by atoms with E-state index in [0.29, 0.717) is 12.4 Å². The maximum Gasteiger partial charge on any atom is 0.329 e. The monoisotopic (exact) mass is 344 g/mol. The van der Waals surface area contributed by atoms with Crippen LogP contribution in [0.1, 0.15) is 18.1 Å². The number of nitrogens with two attached hydrogens (primary N) is 1. The number of aryl methyl sites for hydroxylation is 1. The Hall–Kier alpha value is -2.14. The summed E-state index contributed by atoms with van der Waals surface area (Å²) in [5, 5.41) is 3.27. The van der Waals surface area contributed by atoms with Crippen LogP contribution >= 0.6 is 11.8 Å². The Labute approximate surface area is 147 Å². The number of nitrogens with one attached hydrogen (secondary N) is 1. The third-order valence-electron chi connectivity index (χ3n) is 3.58. The number of ether oxygens (including phenoxy) is 1. The first-order chi connectivity index (χ1) is 11.6. The van der Waals surface area contributed by atoms with Gasteiger partial charge in [-0.3, -0.25) is 0 Å². The van der Waals surface area contributed by atoms with E-state index in [2.05, 4.69) is 17.4 Å². The molecule has 0 aliphatic rings. The second kappa shape index (κ2) is 9.23. The van der Waals surface area contributed by atoms with Crippen LogP contribution in [0.15, 0.2) is 48.5 Å². The fraction of sp³-hybridized carbons (Fsp3) is 0.316. The number of anilines is 2. The Morgan fingerprint density at radius 3 is 2.67 bits per heavy atom. The molecular weight excluding hydrogens is 320 g/mol. The fourth-order valence-corrected chi connectivity index (χ4v) is 3.25. The molecule has 4 nitrogen and oxygen atoms in total. The van der Waals surface area contributed by atoms with Crippen LogP contribution in [0.25, 0.3) is 0 Å². The van der Waals surface area contributed by atoms with Gasteiger partial charge in [0.1, 0.15) is 6.04 Å². The van der Waals surface area contributed by atoms with Crippen molar-refractivity contribution in [2.75, 3.05) is 23.4 Å². The predicted octanol–water partition coefficient (Wildman–Crippen LogP) is 3.85. The molecule has 0 aliphatic carbocycles. The normalized spacial score (nSPS) is 11.8. The predicted molar refractivity (Wildman–Crippen MR) is 102 cm³/mol. The molecule has 2 aromatic carbocycles. The smallest absolute Gasteiger partial charge is 0.329 e. The molecule has 0 heterocycles. The van der Waals surface area contributed by atoms with Crippen LogP contribution < -0.4 is 11.1 Å². The summed E-state index contributed by atoms with van der Waals surface area (Å²) in [7, 11) is 0. The molecule has 0 saturated carbocycles. The number of rotatable bonds is 8. The lowest BCUT2D eigenvalue weighted by molar-refractivity contribution is -0.143. The summed E-state index contributed by atoms with van der Waals surface area (Å²) in [6, 6.07) is 15.5. The lowest BCUT2D eigenvalue weighted by Gasteiger charge is -2.19. The quantitative estimate of drug-likeness (QED) is 0.562. The van der Waals surface area contributed by atoms with Gasteiger partial charge in [-0.05, 0) is 43.2 Å². The van der Waals surface area contributed by atoms with E-state index >= 15 is 0 Å². The molecule has 1 unspecified atom stereocenters. The van der Waals surface area contributed by atoms with Crippen molar-refractivity contribution >= 4 is 29.1 Å². The van der Waals surface area contributed by atoms with E-state index in [1.807, 2.05) is 50.2 Å². The average Bonchev–Trinajstić information content (AvgIpc) is 2.58. The molecule has 0 amide bonds. The zero-order chi connectivity index (χ0) is 17.4. The highest BCUT2D eigenvalue weighted by Crippen LogP contribution is 2.20. The standard InChI is InChI=1S/C19H24N2O2S/c1-3-23-19(22)18(13-24-12-15-7-5-4-6-8-15)21-16-9-10-17(20)14(2)11-16/h4-11,18,21H,3,12-13,20H2,1-2H3. The number of carbonyl (C=O) groups excluding carboxylic acids is 1. The van der Waals surface area contributed by atoms with Gasteiger partial charge in [-0.1, -0.05) is 30.3 Å². The SMILES string of the molecule is CCOC(=O)C(CSCc1ccccc1)Nc1ccc(N)c(C)c1. The Morgan fingerprint density at radius 1 is 1.25 bits per heavy atom. The van der Waals surface area contributed by atoms with Crippen LogP contribution in [0.5, 0.6) is 0 Å². The molecule has 0 fully saturated rings. The highest BCUT2D eigenvalue weighted by molar-refractivity contribution is 7.98. The van der Waals surface area contributed by atoms with Crippen molar-refractivity contribution in [3.05, 3.63) is 59.7 Å². The topological polar surface area (TPSA) is 64.3 Å². The molecule has 3 N–H and O–H groups in total. The van der Waals surface area contributed by atoms with Gasteiger partial charge < -0.3 is 15.8 Å². The summed E-state index contributed by atoms with van der Waals surface area (Å²) >= 11 is 1.71. The molecule has 0 bridgehead atoms. The van der Waals surface area contributed by atoms with Crippen LogP contribution in [-0.2, 0) is 15.3 Å². The second-order valence-corrected chi connectivity index (χ2v) is 6.55. The minimum atomic E-state index is -0.387. The summed E-state index contributed by atoms with van der Waals surface area (Å²) in [6.07, 6.45) is 0. The van der Waals surface area contributed by atoms with Gasteiger partial charge in [0.15, 0.2) is 0 Å². The van der Waals surface area contributed by atoms with Crippen LogP contribution in [-0.4, -0.2) is 24.4 Å². The summed E-state index contributed by atoms with van der Waals surface area (Å²) in [4.78, 5) is 12.2. The van der Waals surface area contributed by atoms with Gasteiger partial charge >= 0.3 is 5.97 Å². The van der Waals surface area contributed by atoms with Crippen molar-refractivity contribution in [3.63, 3.8) is 0 Å². The number of hydrogen-bond donors (Lipinski definition) is 2. The van der Waals surface area contributed by atoms with Crippen LogP contribution in [0.2, 0.25) is 0 Å². The first-order valence-electron chi connectivity index (χ1n) is 8.01. The minimum Gasteiger partial charge on any atom is -0.464 e. The number of benzene rings is 2. The zero-order valence-electron chi connectivity index (χ0n) is 14.1. The number of carbonyl (C=O) groups is 1. The zero-order valence-corrected chi connectivity index (χ0v) is 14.9. The van der Waals surface area contributed by atoms with Crippen molar-refractivity contribution in [2.45, 2.75) is 25.6 Å². The molecule has 0 aliphatic heterocycles. The summed E-state index contributed by atoms with van der Waals surface area (Å²) in [5.74, 6) is 1.27. The van der Waals surface area contributed by atoms with E-state index < -0.39 is 0 Å². The lowest BCUT2D eigenvalue weighted by atomic mass is 10.1. The minimum absolute atomic E-state index is 0.229. The van der Waals surface area contributed by atoms with Crippen molar-refractivity contribution in [2.24, 2.45) is 0 Å². The Morgan fingerprint density at radius 2 is 2.00 bits per heavy atom. The van der Waals surface area contributed by atoms with Gasteiger partial charge in [0, 0.05) is 22.9 Å². The van der Waals surface area contributed by atoms with Gasteiger partial charge in [0.05, 0.1) is 6.61 Å². The third-order valence-corrected chi connectivity index (χ3v) is 4.68. The largest absolute Gasteiger partial charge is 0.464 e. The van der Waals surface area contributed by atoms with E-state index in [1.54, 1.807) is 11.8 Å². The molecule has 2 rings (SSSR count). The molecule has 1 atom stereocenters. The Bertz CT molecular complexity index is 662. The summed E-state index contributed by atoms with van der Waals surface area (Å²) in [6.45, 7) is 4.14. The van der Waals surface area contributed by atoms with Crippen molar-refractivity contribution in [3.8, 4) is 0 Å². The highest BCUT2D eigenvalue weighted by Gasteiger charge is 2.19. The maximum absolute atomic E-state index is 12.2. The van der Waals surface area contributed by atoms with Gasteiger partial charge in [-0.2, -0.15) is 11.8 Å². The van der Waals surface area contributed by atoms with Gasteiger partial charge in [0.2, 0.25) is 0 Å². The van der Waals surface area contributed by atoms with Crippen molar-refractivity contribution in [1.82, 2.24) is 0 Å².